The Morgan fingerprint density at radius 1 is 1.23 bits per heavy atom. The minimum atomic E-state index is -2.24. The van der Waals surface area contributed by atoms with Crippen molar-refractivity contribution in [2.45, 2.75) is 25.8 Å². The lowest BCUT2D eigenvalue weighted by molar-refractivity contribution is 0.866. The molecule has 0 aromatic heterocycles. The zero-order valence-electron chi connectivity index (χ0n) is 7.93. The Kier molecular flexibility index (Phi) is 3.83. The fourth-order valence-corrected chi connectivity index (χ4v) is 4.60. The van der Waals surface area contributed by atoms with Crippen LogP contribution in [-0.2, 0) is 0 Å². The predicted octanol–water partition coefficient (Wildman–Crippen LogP) is 3.61. The molecule has 0 aliphatic carbocycles. The standard InChI is InChI=1S/C10H14Cl2Si/c1-3-9(2)13(11,12)10-7-5-4-6-8-10/h4-9H,3H2,1-2H3/t9-/m0/s1. The maximum Gasteiger partial charge on any atom is 0.283 e. The van der Waals surface area contributed by atoms with Crippen molar-refractivity contribution in [3.05, 3.63) is 30.3 Å². The van der Waals surface area contributed by atoms with Gasteiger partial charge in [0.15, 0.2) is 0 Å². The molecule has 0 N–H and O–H groups in total. The van der Waals surface area contributed by atoms with Crippen molar-refractivity contribution < 1.29 is 0 Å². The summed E-state index contributed by atoms with van der Waals surface area (Å²) in [5, 5.41) is 1.12. The van der Waals surface area contributed by atoms with Crippen molar-refractivity contribution in [1.29, 1.82) is 0 Å². The van der Waals surface area contributed by atoms with E-state index in [1.54, 1.807) is 0 Å². The van der Waals surface area contributed by atoms with E-state index in [9.17, 15) is 0 Å². The summed E-state index contributed by atoms with van der Waals surface area (Å²) in [6.45, 7) is 2.01. The van der Waals surface area contributed by atoms with Gasteiger partial charge in [-0.2, -0.15) is 0 Å². The van der Waals surface area contributed by atoms with E-state index in [0.29, 0.717) is 5.54 Å². The largest absolute Gasteiger partial charge is 0.283 e. The molecule has 0 nitrogen and oxygen atoms in total. The van der Waals surface area contributed by atoms with Gasteiger partial charge < -0.3 is 0 Å². The lowest BCUT2D eigenvalue weighted by atomic mass is 10.4. The normalized spacial score (nSPS) is 14.2. The summed E-state index contributed by atoms with van der Waals surface area (Å²) in [4.78, 5) is 0. The van der Waals surface area contributed by atoms with Crippen LogP contribution in [0.2, 0.25) is 5.54 Å². The van der Waals surface area contributed by atoms with Gasteiger partial charge in [0.05, 0.1) is 0 Å². The van der Waals surface area contributed by atoms with Gasteiger partial charge in [-0.05, 0) is 10.7 Å². The molecule has 0 radical (unpaired) electrons. The molecule has 1 aromatic carbocycles. The van der Waals surface area contributed by atoms with E-state index >= 15 is 0 Å². The second-order valence-electron chi connectivity index (χ2n) is 3.30. The molecule has 0 heterocycles. The molecule has 0 unspecified atom stereocenters. The molecule has 0 fully saturated rings. The lowest BCUT2D eigenvalue weighted by Gasteiger charge is -2.23. The Bertz CT molecular complexity index is 259. The molecule has 1 rings (SSSR count). The van der Waals surface area contributed by atoms with Crippen LogP contribution in [0.15, 0.2) is 30.3 Å². The van der Waals surface area contributed by atoms with Gasteiger partial charge >= 0.3 is 0 Å². The highest BCUT2D eigenvalue weighted by atomic mass is 35.7. The quantitative estimate of drug-likeness (QED) is 0.552. The molecule has 0 amide bonds. The second-order valence-corrected chi connectivity index (χ2v) is 10.3. The zero-order chi connectivity index (χ0) is 9.90. The van der Waals surface area contributed by atoms with Crippen LogP contribution >= 0.6 is 22.2 Å². The van der Waals surface area contributed by atoms with Crippen molar-refractivity contribution in [3.8, 4) is 0 Å². The van der Waals surface area contributed by atoms with Gasteiger partial charge in [-0.1, -0.05) is 50.6 Å². The summed E-state index contributed by atoms with van der Waals surface area (Å²) in [6, 6.07) is 10.0. The van der Waals surface area contributed by atoms with Crippen LogP contribution in [0, 0.1) is 0 Å². The first kappa shape index (κ1) is 11.1. The molecular weight excluding hydrogens is 219 g/mol. The average molecular weight is 233 g/mol. The number of halogens is 2. The Balaban J connectivity index is 2.93. The monoisotopic (exact) mass is 232 g/mol. The molecule has 0 aliphatic heterocycles. The first-order valence-corrected chi connectivity index (χ1v) is 8.62. The van der Waals surface area contributed by atoms with Gasteiger partial charge in [0.2, 0.25) is 0 Å². The summed E-state index contributed by atoms with van der Waals surface area (Å²) in [5.41, 5.74) is 0.401. The van der Waals surface area contributed by atoms with Gasteiger partial charge in [-0.15, -0.1) is 22.2 Å². The number of hydrogen-bond acceptors (Lipinski definition) is 0. The molecule has 0 bridgehead atoms. The van der Waals surface area contributed by atoms with E-state index in [1.807, 2.05) is 30.3 Å². The van der Waals surface area contributed by atoms with E-state index in [0.717, 1.165) is 11.6 Å². The van der Waals surface area contributed by atoms with Crippen molar-refractivity contribution in [2.75, 3.05) is 0 Å². The first-order chi connectivity index (χ1) is 6.09. The number of hydrogen-bond donors (Lipinski definition) is 0. The second kappa shape index (κ2) is 4.49. The summed E-state index contributed by atoms with van der Waals surface area (Å²) in [7, 11) is 0. The van der Waals surface area contributed by atoms with E-state index < -0.39 is 6.69 Å². The number of rotatable bonds is 3. The third-order valence-electron chi connectivity index (χ3n) is 2.39. The van der Waals surface area contributed by atoms with Crippen LogP contribution in [0.1, 0.15) is 20.3 Å². The minimum absolute atomic E-state index is 0.401. The van der Waals surface area contributed by atoms with Crippen LogP contribution < -0.4 is 5.19 Å². The van der Waals surface area contributed by atoms with E-state index in [-0.39, 0.29) is 0 Å². The highest BCUT2D eigenvalue weighted by Crippen LogP contribution is 2.31. The van der Waals surface area contributed by atoms with Gasteiger partial charge in [-0.3, -0.25) is 0 Å². The Morgan fingerprint density at radius 3 is 2.23 bits per heavy atom. The van der Waals surface area contributed by atoms with Crippen molar-refractivity contribution >= 4 is 34.0 Å². The van der Waals surface area contributed by atoms with Crippen molar-refractivity contribution in [3.63, 3.8) is 0 Å². The molecule has 1 atom stereocenters. The highest BCUT2D eigenvalue weighted by molar-refractivity contribution is 7.51. The zero-order valence-corrected chi connectivity index (χ0v) is 10.4. The average Bonchev–Trinajstić information content (AvgIpc) is 2.18. The van der Waals surface area contributed by atoms with Crippen LogP contribution in [0.5, 0.6) is 0 Å². The van der Waals surface area contributed by atoms with Gasteiger partial charge in [0.25, 0.3) is 6.69 Å². The van der Waals surface area contributed by atoms with Crippen LogP contribution in [-0.4, -0.2) is 6.69 Å². The Morgan fingerprint density at radius 2 is 1.77 bits per heavy atom. The third kappa shape index (κ3) is 2.49. The van der Waals surface area contributed by atoms with Gasteiger partial charge in [0, 0.05) is 0 Å². The fraction of sp³-hybridized carbons (Fsp3) is 0.400. The summed E-state index contributed by atoms with van der Waals surface area (Å²) in [6.07, 6.45) is 1.04. The molecule has 13 heavy (non-hydrogen) atoms. The molecule has 0 saturated heterocycles. The summed E-state index contributed by atoms with van der Waals surface area (Å²) < 4.78 is 0. The Labute approximate surface area is 90.3 Å². The molecule has 3 heteroatoms. The molecular formula is C10H14Cl2Si. The topological polar surface area (TPSA) is 0 Å². The summed E-state index contributed by atoms with van der Waals surface area (Å²) >= 11 is 12.8. The van der Waals surface area contributed by atoms with Crippen LogP contribution in [0.25, 0.3) is 0 Å². The van der Waals surface area contributed by atoms with Crippen molar-refractivity contribution in [2.24, 2.45) is 0 Å². The van der Waals surface area contributed by atoms with E-state index in [4.69, 9.17) is 22.2 Å². The predicted molar refractivity (Wildman–Crippen MR) is 63.3 cm³/mol. The lowest BCUT2D eigenvalue weighted by Crippen LogP contribution is -2.40. The first-order valence-electron chi connectivity index (χ1n) is 4.52. The third-order valence-corrected chi connectivity index (χ3v) is 8.68. The van der Waals surface area contributed by atoms with E-state index in [1.165, 1.54) is 0 Å². The highest BCUT2D eigenvalue weighted by Gasteiger charge is 2.36. The van der Waals surface area contributed by atoms with Crippen molar-refractivity contribution in [1.82, 2.24) is 0 Å². The fourth-order valence-electron chi connectivity index (χ4n) is 1.20. The summed E-state index contributed by atoms with van der Waals surface area (Å²) in [5.74, 6) is 0. The minimum Gasteiger partial charge on any atom is -0.139 e. The Hall–Kier alpha value is 0.0169. The molecule has 1 aromatic rings. The molecule has 72 valence electrons. The molecule has 0 spiro atoms. The van der Waals surface area contributed by atoms with Gasteiger partial charge in [0.1, 0.15) is 0 Å². The SMILES string of the molecule is CC[C@H](C)[Si](Cl)(Cl)c1ccccc1. The maximum atomic E-state index is 6.42. The molecule has 0 saturated carbocycles. The van der Waals surface area contributed by atoms with Gasteiger partial charge in [-0.25, -0.2) is 0 Å². The van der Waals surface area contributed by atoms with Crippen LogP contribution in [0.4, 0.5) is 0 Å². The smallest absolute Gasteiger partial charge is 0.139 e. The maximum absolute atomic E-state index is 6.42. The van der Waals surface area contributed by atoms with Crippen LogP contribution in [0.3, 0.4) is 0 Å². The number of benzene rings is 1. The molecule has 0 aliphatic rings. The van der Waals surface area contributed by atoms with E-state index in [2.05, 4.69) is 13.8 Å².